The van der Waals surface area contributed by atoms with E-state index in [1.165, 1.54) is 173 Å². The van der Waals surface area contributed by atoms with E-state index in [4.69, 9.17) is 14.9 Å². The molecule has 0 saturated heterocycles. The molecule has 0 aromatic rings. The molecule has 0 spiro atoms. The lowest BCUT2D eigenvalue weighted by atomic mass is 10.0. The number of carboxylic acids is 1. The minimum Gasteiger partial charge on any atom is -0.480 e. The zero-order valence-corrected chi connectivity index (χ0v) is 39.2. The number of aliphatic hydroxyl groups is 1. The maximum atomic E-state index is 12.9. The highest BCUT2D eigenvalue weighted by molar-refractivity contribution is 5.87. The Kier molecular flexibility index (Phi) is 44.2. The average Bonchev–Trinajstić information content (AvgIpc) is 3.23. The molecule has 0 rings (SSSR count). The van der Waals surface area contributed by atoms with E-state index in [0.29, 0.717) is 19.3 Å². The Labute approximate surface area is 369 Å². The molecule has 4 N–H and O–H groups in total. The number of nitrogens with one attached hydrogen (secondary N) is 2. The van der Waals surface area contributed by atoms with E-state index in [2.05, 4.69) is 36.6 Å². The van der Waals surface area contributed by atoms with Gasteiger partial charge in [-0.3, -0.25) is 14.4 Å². The summed E-state index contributed by atoms with van der Waals surface area (Å²) < 4.78 is 6.07. The number of hydrogen-bond donors (Lipinski definition) is 4. The predicted octanol–water partition coefficient (Wildman–Crippen LogP) is 13.4. The number of aliphatic hydroxyl groups excluding tert-OH is 1. The van der Waals surface area contributed by atoms with E-state index in [1.807, 2.05) is 0 Å². The first kappa shape index (κ1) is 57.6. The van der Waals surface area contributed by atoms with Crippen molar-refractivity contribution in [3.05, 3.63) is 12.2 Å². The Morgan fingerprint density at radius 1 is 0.483 bits per heavy atom. The zero-order chi connectivity index (χ0) is 44.0. The van der Waals surface area contributed by atoms with E-state index in [9.17, 15) is 19.2 Å². The topological polar surface area (TPSA) is 142 Å². The van der Waals surface area contributed by atoms with Crippen LogP contribution in [0.15, 0.2) is 12.2 Å². The molecule has 60 heavy (non-hydrogen) atoms. The van der Waals surface area contributed by atoms with Gasteiger partial charge in [0.1, 0.15) is 12.1 Å². The number of amides is 2. The summed E-state index contributed by atoms with van der Waals surface area (Å²) in [6.45, 7) is 3.51. The summed E-state index contributed by atoms with van der Waals surface area (Å²) in [4.78, 5) is 47.8. The van der Waals surface area contributed by atoms with Gasteiger partial charge in [-0.15, -0.1) is 0 Å². The van der Waals surface area contributed by atoms with Gasteiger partial charge < -0.3 is 25.6 Å². The van der Waals surface area contributed by atoms with Gasteiger partial charge in [0.15, 0.2) is 0 Å². The second-order valence-corrected chi connectivity index (χ2v) is 17.6. The first-order valence-corrected chi connectivity index (χ1v) is 25.6. The number of allylic oxidation sites excluding steroid dienone is 2. The molecule has 9 nitrogen and oxygen atoms in total. The number of esters is 1. The van der Waals surface area contributed by atoms with Crippen molar-refractivity contribution < 1.29 is 34.1 Å². The van der Waals surface area contributed by atoms with Crippen molar-refractivity contribution >= 4 is 23.8 Å². The molecule has 0 saturated carbocycles. The minimum atomic E-state index is -1.38. The standard InChI is InChI=1S/C51H96N2O7/c1-3-5-7-9-11-13-15-17-19-20-22-24-26-28-30-35-39-43-50(57)60-46(40-36-32-29-27-25-23-21-18-16-14-12-10-8-6-4-2)41-37-33-31-34-38-42-48(55)52-44-49(56)53-47(45-54)51(58)59/h17,19,46-47,54H,3-16,18,20-45H2,1-2H3,(H,52,55)(H,53,56)(H,58,59)/b19-17-. The number of aliphatic carboxylic acids is 1. The normalized spacial score (nSPS) is 12.4. The molecule has 0 aromatic heterocycles. The summed E-state index contributed by atoms with van der Waals surface area (Å²) in [6, 6.07) is -1.38. The third-order valence-electron chi connectivity index (χ3n) is 11.8. The van der Waals surface area contributed by atoms with Crippen LogP contribution < -0.4 is 10.6 Å². The van der Waals surface area contributed by atoms with Crippen LogP contribution in [0.5, 0.6) is 0 Å². The van der Waals surface area contributed by atoms with Gasteiger partial charge in [-0.25, -0.2) is 4.79 Å². The molecule has 0 bridgehead atoms. The third kappa shape index (κ3) is 42.3. The smallest absolute Gasteiger partial charge is 0.328 e. The van der Waals surface area contributed by atoms with Gasteiger partial charge in [-0.1, -0.05) is 199 Å². The van der Waals surface area contributed by atoms with Gasteiger partial charge in [0, 0.05) is 12.8 Å². The maximum Gasteiger partial charge on any atom is 0.328 e. The summed E-state index contributed by atoms with van der Waals surface area (Å²) in [6.07, 6.45) is 51.0. The second kappa shape index (κ2) is 46.1. The molecular weight excluding hydrogens is 753 g/mol. The van der Waals surface area contributed by atoms with Crippen molar-refractivity contribution in [2.75, 3.05) is 13.2 Å². The molecule has 9 heteroatoms. The van der Waals surface area contributed by atoms with Crippen LogP contribution >= 0.6 is 0 Å². The van der Waals surface area contributed by atoms with Gasteiger partial charge in [-0.05, 0) is 64.2 Å². The number of carboxylic acid groups (broad SMARTS) is 1. The second-order valence-electron chi connectivity index (χ2n) is 17.6. The van der Waals surface area contributed by atoms with Crippen LogP contribution in [-0.4, -0.2) is 59.3 Å². The van der Waals surface area contributed by atoms with Crippen LogP contribution in [0.1, 0.15) is 264 Å². The Morgan fingerprint density at radius 2 is 0.850 bits per heavy atom. The van der Waals surface area contributed by atoms with Crippen molar-refractivity contribution in [2.24, 2.45) is 0 Å². The van der Waals surface area contributed by atoms with Crippen molar-refractivity contribution in [1.29, 1.82) is 0 Å². The molecule has 2 unspecified atom stereocenters. The lowest BCUT2D eigenvalue weighted by Gasteiger charge is -2.18. The number of rotatable bonds is 47. The van der Waals surface area contributed by atoms with Crippen molar-refractivity contribution in [3.63, 3.8) is 0 Å². The summed E-state index contributed by atoms with van der Waals surface area (Å²) in [5.74, 6) is -2.27. The molecule has 0 aliphatic rings. The van der Waals surface area contributed by atoms with Crippen molar-refractivity contribution in [2.45, 2.75) is 276 Å². The fourth-order valence-corrected chi connectivity index (χ4v) is 7.83. The highest BCUT2D eigenvalue weighted by Gasteiger charge is 2.19. The average molecular weight is 849 g/mol. The molecular formula is C51H96N2O7. The minimum absolute atomic E-state index is 0.0113. The number of carbonyl (C=O) groups excluding carboxylic acids is 3. The summed E-state index contributed by atoms with van der Waals surface area (Å²) >= 11 is 0. The molecule has 0 aliphatic carbocycles. The summed E-state index contributed by atoms with van der Waals surface area (Å²) in [5.41, 5.74) is 0. The van der Waals surface area contributed by atoms with Gasteiger partial charge in [-0.2, -0.15) is 0 Å². The Morgan fingerprint density at radius 3 is 1.25 bits per heavy atom. The van der Waals surface area contributed by atoms with E-state index in [1.54, 1.807) is 0 Å². The highest BCUT2D eigenvalue weighted by atomic mass is 16.5. The summed E-state index contributed by atoms with van der Waals surface area (Å²) in [5, 5.41) is 22.6. The first-order valence-electron chi connectivity index (χ1n) is 25.6. The highest BCUT2D eigenvalue weighted by Crippen LogP contribution is 2.19. The lowest BCUT2D eigenvalue weighted by Crippen LogP contribution is -2.47. The van der Waals surface area contributed by atoms with Gasteiger partial charge in [0.2, 0.25) is 11.8 Å². The van der Waals surface area contributed by atoms with Crippen LogP contribution in [0.25, 0.3) is 0 Å². The zero-order valence-electron chi connectivity index (χ0n) is 39.2. The number of carbonyl (C=O) groups is 4. The molecule has 0 heterocycles. The predicted molar refractivity (Wildman–Crippen MR) is 250 cm³/mol. The SMILES string of the molecule is CCCCCCCC/C=C\CCCCCCCCCC(=O)OC(CCCCCCCCCCCCCCCCC)CCCCCCCC(=O)NCC(=O)NC(CO)C(=O)O. The maximum absolute atomic E-state index is 12.9. The molecule has 0 fully saturated rings. The molecule has 2 amide bonds. The van der Waals surface area contributed by atoms with Crippen LogP contribution in [0.2, 0.25) is 0 Å². The van der Waals surface area contributed by atoms with Gasteiger partial charge in [0.05, 0.1) is 13.2 Å². The van der Waals surface area contributed by atoms with E-state index in [-0.39, 0.29) is 24.5 Å². The quantitative estimate of drug-likeness (QED) is 0.0271. The molecule has 0 aliphatic heterocycles. The van der Waals surface area contributed by atoms with Crippen LogP contribution in [0, 0.1) is 0 Å². The first-order chi connectivity index (χ1) is 29.3. The Balaban J connectivity index is 4.29. The van der Waals surface area contributed by atoms with Crippen LogP contribution in [-0.2, 0) is 23.9 Å². The van der Waals surface area contributed by atoms with Crippen LogP contribution in [0.4, 0.5) is 0 Å². The number of ether oxygens (including phenoxy) is 1. The molecule has 0 aromatic carbocycles. The molecule has 2 atom stereocenters. The van der Waals surface area contributed by atoms with Crippen LogP contribution in [0.3, 0.4) is 0 Å². The number of hydrogen-bond acceptors (Lipinski definition) is 6. The fourth-order valence-electron chi connectivity index (χ4n) is 7.83. The van der Waals surface area contributed by atoms with Gasteiger partial charge >= 0.3 is 11.9 Å². The van der Waals surface area contributed by atoms with E-state index >= 15 is 0 Å². The Bertz CT molecular complexity index is 1020. The third-order valence-corrected chi connectivity index (χ3v) is 11.8. The largest absolute Gasteiger partial charge is 0.480 e. The van der Waals surface area contributed by atoms with Crippen molar-refractivity contribution in [1.82, 2.24) is 10.6 Å². The van der Waals surface area contributed by atoms with E-state index in [0.717, 1.165) is 57.8 Å². The fraction of sp³-hybridized carbons (Fsp3) is 0.882. The van der Waals surface area contributed by atoms with Crippen molar-refractivity contribution in [3.8, 4) is 0 Å². The molecule has 352 valence electrons. The lowest BCUT2D eigenvalue weighted by molar-refractivity contribution is -0.150. The van der Waals surface area contributed by atoms with E-state index < -0.39 is 24.5 Å². The number of unbranched alkanes of at least 4 members (excludes halogenated alkanes) is 31. The Hall–Kier alpha value is -2.42. The monoisotopic (exact) mass is 849 g/mol. The summed E-state index contributed by atoms with van der Waals surface area (Å²) in [7, 11) is 0. The van der Waals surface area contributed by atoms with Gasteiger partial charge in [0.25, 0.3) is 0 Å². The molecule has 0 radical (unpaired) electrons.